The Hall–Kier alpha value is -2.63. The summed E-state index contributed by atoms with van der Waals surface area (Å²) in [5, 5.41) is 16.4. The molecule has 1 aromatic heterocycles. The number of amides is 1. The van der Waals surface area contributed by atoms with Gasteiger partial charge in [0.2, 0.25) is 5.91 Å². The van der Waals surface area contributed by atoms with Gasteiger partial charge in [-0.05, 0) is 25.3 Å². The van der Waals surface area contributed by atoms with Gasteiger partial charge in [-0.3, -0.25) is 9.59 Å². The van der Waals surface area contributed by atoms with Gasteiger partial charge in [0.25, 0.3) is 0 Å². The van der Waals surface area contributed by atoms with Crippen molar-refractivity contribution in [3.05, 3.63) is 36.0 Å². The van der Waals surface area contributed by atoms with E-state index in [1.165, 1.54) is 6.92 Å². The third kappa shape index (κ3) is 3.82. The van der Waals surface area contributed by atoms with Crippen molar-refractivity contribution < 1.29 is 14.7 Å². The number of carbonyl (C=O) groups excluding carboxylic acids is 1. The summed E-state index contributed by atoms with van der Waals surface area (Å²) in [6, 6.07) is 9.64. The van der Waals surface area contributed by atoms with Gasteiger partial charge >= 0.3 is 5.97 Å². The Kier molecular flexibility index (Phi) is 5.39. The number of carboxylic acids is 1. The lowest BCUT2D eigenvalue weighted by Gasteiger charge is -2.14. The van der Waals surface area contributed by atoms with Crippen LogP contribution in [0.15, 0.2) is 30.3 Å². The Morgan fingerprint density at radius 1 is 1.21 bits per heavy atom. The maximum atomic E-state index is 12.3. The molecule has 0 saturated heterocycles. The second-order valence-electron chi connectivity index (χ2n) is 6.30. The van der Waals surface area contributed by atoms with Crippen LogP contribution in [-0.4, -0.2) is 26.8 Å². The number of anilines is 1. The number of hydrogen-bond acceptors (Lipinski definition) is 3. The highest BCUT2D eigenvalue weighted by Gasteiger charge is 2.25. The molecule has 1 aromatic carbocycles. The first kappa shape index (κ1) is 17.7. The number of aromatic nitrogens is 2. The minimum Gasteiger partial charge on any atom is -0.481 e. The van der Waals surface area contributed by atoms with Crippen molar-refractivity contribution in [3.63, 3.8) is 0 Å². The lowest BCUT2D eigenvalue weighted by molar-refractivity contribution is -0.144. The molecule has 0 aliphatic heterocycles. The van der Waals surface area contributed by atoms with Crippen LogP contribution in [0.3, 0.4) is 0 Å². The minimum atomic E-state index is -1.15. The topological polar surface area (TPSA) is 84.2 Å². The molecule has 128 valence electrons. The molecule has 0 bridgehead atoms. The summed E-state index contributed by atoms with van der Waals surface area (Å²) in [5.41, 5.74) is 2.55. The van der Waals surface area contributed by atoms with Crippen LogP contribution in [0.25, 0.3) is 11.1 Å². The number of hydrogen-bond donors (Lipinski definition) is 2. The highest BCUT2D eigenvalue weighted by atomic mass is 16.4. The van der Waals surface area contributed by atoms with Gasteiger partial charge in [-0.25, -0.2) is 4.68 Å². The maximum absolute atomic E-state index is 12.3. The van der Waals surface area contributed by atoms with E-state index < -0.39 is 17.8 Å². The molecular weight excluding hydrogens is 306 g/mol. The van der Waals surface area contributed by atoms with E-state index >= 15 is 0 Å². The molecule has 1 atom stereocenters. The van der Waals surface area contributed by atoms with Gasteiger partial charge in [0.15, 0.2) is 0 Å². The van der Waals surface area contributed by atoms with E-state index in [9.17, 15) is 9.59 Å². The highest BCUT2D eigenvalue weighted by molar-refractivity contribution is 6.05. The van der Waals surface area contributed by atoms with E-state index in [2.05, 4.69) is 24.3 Å². The van der Waals surface area contributed by atoms with E-state index in [-0.39, 0.29) is 0 Å². The van der Waals surface area contributed by atoms with Gasteiger partial charge in [-0.2, -0.15) is 5.10 Å². The van der Waals surface area contributed by atoms with Crippen molar-refractivity contribution in [2.24, 2.45) is 11.8 Å². The van der Waals surface area contributed by atoms with E-state index in [0.29, 0.717) is 18.3 Å². The van der Waals surface area contributed by atoms with Crippen LogP contribution < -0.4 is 5.32 Å². The third-order valence-electron chi connectivity index (χ3n) is 3.73. The van der Waals surface area contributed by atoms with E-state index in [1.807, 2.05) is 37.3 Å². The van der Waals surface area contributed by atoms with E-state index in [1.54, 1.807) is 4.68 Å². The second-order valence-corrected chi connectivity index (χ2v) is 6.30. The molecule has 6 heteroatoms. The largest absolute Gasteiger partial charge is 0.481 e. The first-order valence-corrected chi connectivity index (χ1v) is 7.97. The summed E-state index contributed by atoms with van der Waals surface area (Å²) in [7, 11) is 0. The zero-order chi connectivity index (χ0) is 17.9. The number of nitrogens with one attached hydrogen (secondary N) is 1. The number of benzene rings is 1. The molecule has 1 unspecified atom stereocenters. The SMILES string of the molecule is Cc1nn(CC(C)C)c(NC(=O)C(C)C(=O)O)c1-c1ccccc1. The molecule has 0 saturated carbocycles. The monoisotopic (exact) mass is 329 g/mol. The summed E-state index contributed by atoms with van der Waals surface area (Å²) in [5.74, 6) is -1.95. The van der Waals surface area contributed by atoms with Crippen LogP contribution in [0.5, 0.6) is 0 Å². The van der Waals surface area contributed by atoms with Crippen LogP contribution in [0.2, 0.25) is 0 Å². The molecule has 2 rings (SSSR count). The predicted molar refractivity (Wildman–Crippen MR) is 92.7 cm³/mol. The Labute approximate surface area is 141 Å². The molecular formula is C18H23N3O3. The van der Waals surface area contributed by atoms with Gasteiger partial charge in [-0.15, -0.1) is 0 Å². The molecule has 0 aliphatic carbocycles. The molecule has 0 aliphatic rings. The number of carboxylic acid groups (broad SMARTS) is 1. The zero-order valence-corrected chi connectivity index (χ0v) is 14.4. The van der Waals surface area contributed by atoms with Crippen molar-refractivity contribution in [1.29, 1.82) is 0 Å². The van der Waals surface area contributed by atoms with Crippen molar-refractivity contribution in [2.75, 3.05) is 5.32 Å². The number of carbonyl (C=O) groups is 2. The summed E-state index contributed by atoms with van der Waals surface area (Å²) >= 11 is 0. The molecule has 6 nitrogen and oxygen atoms in total. The van der Waals surface area contributed by atoms with Gasteiger partial charge in [0.1, 0.15) is 11.7 Å². The molecule has 0 radical (unpaired) electrons. The fourth-order valence-corrected chi connectivity index (χ4v) is 2.47. The van der Waals surface area contributed by atoms with Gasteiger partial charge in [0, 0.05) is 12.1 Å². The predicted octanol–water partition coefficient (Wildman–Crippen LogP) is 3.17. The summed E-state index contributed by atoms with van der Waals surface area (Å²) in [4.78, 5) is 23.3. The van der Waals surface area contributed by atoms with Crippen molar-refractivity contribution >= 4 is 17.7 Å². The number of aryl methyl sites for hydroxylation is 1. The highest BCUT2D eigenvalue weighted by Crippen LogP contribution is 2.32. The van der Waals surface area contributed by atoms with Gasteiger partial charge in [0.05, 0.1) is 5.69 Å². The second kappa shape index (κ2) is 7.29. The summed E-state index contributed by atoms with van der Waals surface area (Å²) < 4.78 is 1.74. The summed E-state index contributed by atoms with van der Waals surface area (Å²) in [6.07, 6.45) is 0. The third-order valence-corrected chi connectivity index (χ3v) is 3.73. The van der Waals surface area contributed by atoms with Gasteiger partial charge < -0.3 is 10.4 Å². The van der Waals surface area contributed by atoms with E-state index in [0.717, 1.165) is 16.8 Å². The molecule has 2 N–H and O–H groups in total. The molecule has 0 spiro atoms. The molecule has 2 aromatic rings. The fourth-order valence-electron chi connectivity index (χ4n) is 2.47. The number of nitrogens with zero attached hydrogens (tertiary/aromatic N) is 2. The Balaban J connectivity index is 2.49. The van der Waals surface area contributed by atoms with Crippen LogP contribution in [0, 0.1) is 18.8 Å². The van der Waals surface area contributed by atoms with Crippen LogP contribution in [0.4, 0.5) is 5.82 Å². The molecule has 0 fully saturated rings. The first-order valence-electron chi connectivity index (χ1n) is 7.97. The van der Waals surface area contributed by atoms with Crippen molar-refractivity contribution in [3.8, 4) is 11.1 Å². The van der Waals surface area contributed by atoms with E-state index in [4.69, 9.17) is 5.11 Å². The fraction of sp³-hybridized carbons (Fsp3) is 0.389. The first-order chi connectivity index (χ1) is 11.3. The normalized spacial score (nSPS) is 12.2. The molecule has 24 heavy (non-hydrogen) atoms. The number of aliphatic carboxylic acids is 1. The standard InChI is InChI=1S/C18H23N3O3/c1-11(2)10-21-16(19-17(22)12(3)18(23)24)15(13(4)20-21)14-8-6-5-7-9-14/h5-9,11-12H,10H2,1-4H3,(H,19,22)(H,23,24). The minimum absolute atomic E-state index is 0.334. The number of rotatable bonds is 6. The maximum Gasteiger partial charge on any atom is 0.315 e. The Morgan fingerprint density at radius 2 is 1.83 bits per heavy atom. The van der Waals surface area contributed by atoms with Crippen molar-refractivity contribution in [2.45, 2.75) is 34.2 Å². The smallest absolute Gasteiger partial charge is 0.315 e. The quantitative estimate of drug-likeness (QED) is 0.797. The van der Waals surface area contributed by atoms with Gasteiger partial charge in [-0.1, -0.05) is 44.2 Å². The Bertz CT molecular complexity index is 735. The summed E-state index contributed by atoms with van der Waals surface area (Å²) in [6.45, 7) is 8.01. The van der Waals surface area contributed by atoms with Crippen LogP contribution >= 0.6 is 0 Å². The lowest BCUT2D eigenvalue weighted by atomic mass is 10.1. The van der Waals surface area contributed by atoms with Crippen LogP contribution in [-0.2, 0) is 16.1 Å². The lowest BCUT2D eigenvalue weighted by Crippen LogP contribution is -2.28. The average Bonchev–Trinajstić information content (AvgIpc) is 2.81. The van der Waals surface area contributed by atoms with Crippen LogP contribution in [0.1, 0.15) is 26.5 Å². The molecule has 1 heterocycles. The average molecular weight is 329 g/mol. The van der Waals surface area contributed by atoms with Crippen molar-refractivity contribution in [1.82, 2.24) is 9.78 Å². The molecule has 1 amide bonds. The Morgan fingerprint density at radius 3 is 2.38 bits per heavy atom. The zero-order valence-electron chi connectivity index (χ0n) is 14.4.